The number of benzene rings is 2. The standard InChI is InChI=1S/C25H28N4O9.C2H6/c30-18-4-5-25(37,24(36)27-18)29-12-15-13(23(29)35)2-1-3-17(15)26-10-14-16(11-28-6-8-38-9-7-28)20(32)22(34)21(33)19(14)31;1-2/h1-3,26,31-34,37H,4-12H2,(H,27,30,36);1-2H3. The van der Waals surface area contributed by atoms with Crippen LogP contribution in [0.1, 0.15) is 53.7 Å². The van der Waals surface area contributed by atoms with Crippen molar-refractivity contribution in [1.82, 2.24) is 15.1 Å². The quantitative estimate of drug-likeness (QED) is 0.152. The first-order valence-corrected chi connectivity index (χ1v) is 13.1. The van der Waals surface area contributed by atoms with Crippen molar-refractivity contribution in [3.05, 3.63) is 40.5 Å². The van der Waals surface area contributed by atoms with Crippen molar-refractivity contribution in [3.63, 3.8) is 0 Å². The number of imide groups is 1. The molecule has 0 saturated carbocycles. The molecule has 2 saturated heterocycles. The summed E-state index contributed by atoms with van der Waals surface area (Å²) in [4.78, 5) is 40.1. The molecule has 13 nitrogen and oxygen atoms in total. The molecule has 1 unspecified atom stereocenters. The Balaban J connectivity index is 0.00000181. The summed E-state index contributed by atoms with van der Waals surface area (Å²) in [5, 5.41) is 57.8. The maximum absolute atomic E-state index is 13.1. The largest absolute Gasteiger partial charge is 0.504 e. The summed E-state index contributed by atoms with van der Waals surface area (Å²) in [5.74, 6) is -4.90. The van der Waals surface area contributed by atoms with E-state index in [1.54, 1.807) is 18.2 Å². The number of carbonyl (C=O) groups excluding carboxylic acids is 3. The maximum atomic E-state index is 13.1. The van der Waals surface area contributed by atoms with Gasteiger partial charge >= 0.3 is 0 Å². The number of fused-ring (bicyclic) bond motifs is 1. The molecule has 0 aromatic heterocycles. The number of nitrogens with zero attached hydrogens (tertiary/aromatic N) is 2. The number of morpholine rings is 1. The van der Waals surface area contributed by atoms with Crippen LogP contribution in [0, 0.1) is 0 Å². The number of hydrogen-bond acceptors (Lipinski definition) is 11. The minimum atomic E-state index is -2.18. The Hall–Kier alpha value is -4.07. The molecule has 13 heteroatoms. The van der Waals surface area contributed by atoms with Crippen LogP contribution in [0.4, 0.5) is 5.69 Å². The lowest BCUT2D eigenvalue weighted by Crippen LogP contribution is -2.63. The zero-order valence-electron chi connectivity index (χ0n) is 22.4. The third kappa shape index (κ3) is 5.10. The van der Waals surface area contributed by atoms with Gasteiger partial charge in [-0.05, 0) is 12.1 Å². The fourth-order valence-electron chi connectivity index (χ4n) is 5.07. The van der Waals surface area contributed by atoms with Gasteiger partial charge in [0.15, 0.2) is 11.5 Å². The van der Waals surface area contributed by atoms with E-state index >= 15 is 0 Å². The SMILES string of the molecule is CC.O=C1CCC(O)(N2Cc3c(NCc4c(O)c(O)c(O)c(O)c4CN4CCOCC4)cccc3C2=O)C(=O)N1. The lowest BCUT2D eigenvalue weighted by molar-refractivity contribution is -0.167. The topological polar surface area (TPSA) is 192 Å². The highest BCUT2D eigenvalue weighted by Gasteiger charge is 2.51. The Kier molecular flexibility index (Phi) is 8.37. The van der Waals surface area contributed by atoms with E-state index in [1.807, 2.05) is 18.7 Å². The van der Waals surface area contributed by atoms with E-state index in [9.17, 15) is 39.9 Å². The van der Waals surface area contributed by atoms with Crippen LogP contribution in [-0.2, 0) is 34.0 Å². The zero-order valence-corrected chi connectivity index (χ0v) is 22.4. The summed E-state index contributed by atoms with van der Waals surface area (Å²) in [5.41, 5.74) is -0.626. The molecule has 1 atom stereocenters. The highest BCUT2D eigenvalue weighted by Crippen LogP contribution is 2.48. The molecule has 0 aliphatic carbocycles. The van der Waals surface area contributed by atoms with E-state index in [2.05, 4.69) is 10.6 Å². The minimum absolute atomic E-state index is 0.100. The Labute approximate surface area is 230 Å². The Morgan fingerprint density at radius 3 is 2.27 bits per heavy atom. The van der Waals surface area contributed by atoms with E-state index in [-0.39, 0.29) is 49.2 Å². The molecule has 0 radical (unpaired) electrons. The first-order chi connectivity index (χ1) is 19.1. The highest BCUT2D eigenvalue weighted by molar-refractivity contribution is 6.07. The first-order valence-electron chi connectivity index (χ1n) is 13.1. The average Bonchev–Trinajstić information content (AvgIpc) is 3.31. The third-order valence-corrected chi connectivity index (χ3v) is 7.28. The molecule has 3 heterocycles. The van der Waals surface area contributed by atoms with Gasteiger partial charge in [-0.25, -0.2) is 0 Å². The lowest BCUT2D eigenvalue weighted by atomic mass is 10.00. The smallest absolute Gasteiger partial charge is 0.279 e. The molecular weight excluding hydrogens is 524 g/mol. The number of aromatic hydroxyl groups is 4. The van der Waals surface area contributed by atoms with E-state index in [0.29, 0.717) is 37.6 Å². The summed E-state index contributed by atoms with van der Waals surface area (Å²) < 4.78 is 5.35. The van der Waals surface area contributed by atoms with Crippen molar-refractivity contribution < 1.29 is 44.7 Å². The van der Waals surface area contributed by atoms with Crippen LogP contribution in [0.25, 0.3) is 0 Å². The van der Waals surface area contributed by atoms with E-state index < -0.39 is 46.4 Å². The molecule has 7 N–H and O–H groups in total. The minimum Gasteiger partial charge on any atom is -0.504 e. The number of nitrogens with one attached hydrogen (secondary N) is 2. The number of ether oxygens (including phenoxy) is 1. The van der Waals surface area contributed by atoms with Crippen molar-refractivity contribution in [2.24, 2.45) is 0 Å². The van der Waals surface area contributed by atoms with Crippen LogP contribution in [0.5, 0.6) is 23.0 Å². The summed E-state index contributed by atoms with van der Waals surface area (Å²) in [7, 11) is 0. The molecule has 216 valence electrons. The summed E-state index contributed by atoms with van der Waals surface area (Å²) in [6, 6.07) is 4.83. The van der Waals surface area contributed by atoms with Crippen molar-refractivity contribution in [2.75, 3.05) is 31.6 Å². The number of amides is 3. The molecule has 2 aromatic carbocycles. The van der Waals surface area contributed by atoms with Gasteiger partial charge in [-0.2, -0.15) is 0 Å². The highest BCUT2D eigenvalue weighted by atomic mass is 16.5. The summed E-state index contributed by atoms with van der Waals surface area (Å²) in [6.45, 7) is 6.08. The van der Waals surface area contributed by atoms with Gasteiger partial charge in [-0.15, -0.1) is 0 Å². The number of phenols is 4. The average molecular weight is 559 g/mol. The maximum Gasteiger partial charge on any atom is 0.279 e. The van der Waals surface area contributed by atoms with Crippen LogP contribution in [-0.4, -0.2) is 85.1 Å². The molecule has 5 rings (SSSR count). The zero-order chi connectivity index (χ0) is 29.2. The molecule has 3 aliphatic heterocycles. The van der Waals surface area contributed by atoms with Gasteiger partial charge in [0.05, 0.1) is 19.8 Å². The third-order valence-electron chi connectivity index (χ3n) is 7.28. The van der Waals surface area contributed by atoms with E-state index in [1.165, 1.54) is 0 Å². The van der Waals surface area contributed by atoms with Gasteiger partial charge in [-0.1, -0.05) is 19.9 Å². The second kappa shape index (κ2) is 11.6. The van der Waals surface area contributed by atoms with Crippen molar-refractivity contribution in [2.45, 2.75) is 52.0 Å². The van der Waals surface area contributed by atoms with Crippen LogP contribution < -0.4 is 10.6 Å². The van der Waals surface area contributed by atoms with Crippen molar-refractivity contribution >= 4 is 23.4 Å². The van der Waals surface area contributed by atoms with Crippen LogP contribution in [0.2, 0.25) is 0 Å². The fraction of sp³-hybridized carbons (Fsp3) is 0.444. The normalized spacial score (nSPS) is 21.0. The van der Waals surface area contributed by atoms with Crippen LogP contribution >= 0.6 is 0 Å². The number of rotatable bonds is 6. The number of piperidine rings is 1. The first kappa shape index (κ1) is 28.9. The Bertz CT molecular complexity index is 1330. The van der Waals surface area contributed by atoms with E-state index in [4.69, 9.17) is 4.74 Å². The number of anilines is 1. The lowest BCUT2D eigenvalue weighted by Gasteiger charge is -2.37. The van der Waals surface area contributed by atoms with Crippen LogP contribution in [0.15, 0.2) is 18.2 Å². The predicted octanol–water partition coefficient (Wildman–Crippen LogP) is 1.06. The second-order valence-corrected chi connectivity index (χ2v) is 9.51. The number of phenolic OH excluding ortho intramolecular Hbond substituents is 4. The van der Waals surface area contributed by atoms with Gasteiger partial charge in [0.1, 0.15) is 0 Å². The molecule has 0 bridgehead atoms. The molecule has 40 heavy (non-hydrogen) atoms. The summed E-state index contributed by atoms with van der Waals surface area (Å²) >= 11 is 0. The Morgan fingerprint density at radius 2 is 1.62 bits per heavy atom. The monoisotopic (exact) mass is 558 g/mol. The predicted molar refractivity (Wildman–Crippen MR) is 142 cm³/mol. The fourth-order valence-corrected chi connectivity index (χ4v) is 5.07. The number of aliphatic hydroxyl groups is 1. The van der Waals surface area contributed by atoms with Crippen molar-refractivity contribution in [3.8, 4) is 23.0 Å². The van der Waals surface area contributed by atoms with Crippen molar-refractivity contribution in [1.29, 1.82) is 0 Å². The van der Waals surface area contributed by atoms with Gasteiger partial charge in [-0.3, -0.25) is 29.5 Å². The molecule has 2 fully saturated rings. The summed E-state index contributed by atoms with van der Waals surface area (Å²) in [6.07, 6.45) is -0.350. The molecule has 2 aromatic rings. The number of carbonyl (C=O) groups is 3. The molecule has 3 aliphatic rings. The van der Waals surface area contributed by atoms with E-state index in [0.717, 1.165) is 4.90 Å². The molecule has 3 amide bonds. The van der Waals surface area contributed by atoms with Gasteiger partial charge in [0.25, 0.3) is 11.8 Å². The van der Waals surface area contributed by atoms with Gasteiger partial charge < -0.3 is 35.6 Å². The molecular formula is C27H34N4O9. The molecule has 0 spiro atoms. The number of hydrogen-bond donors (Lipinski definition) is 7. The van der Waals surface area contributed by atoms with Gasteiger partial charge in [0, 0.05) is 67.0 Å². The van der Waals surface area contributed by atoms with Gasteiger partial charge in [0.2, 0.25) is 23.1 Å². The van der Waals surface area contributed by atoms with Crippen LogP contribution in [0.3, 0.4) is 0 Å². The second-order valence-electron chi connectivity index (χ2n) is 9.51. The Morgan fingerprint density at radius 1 is 0.975 bits per heavy atom.